The van der Waals surface area contributed by atoms with Crippen LogP contribution in [0.2, 0.25) is 0 Å². The lowest BCUT2D eigenvalue weighted by Crippen LogP contribution is -2.37. The summed E-state index contributed by atoms with van der Waals surface area (Å²) in [5.74, 6) is -0.489. The van der Waals surface area contributed by atoms with Crippen molar-refractivity contribution in [3.05, 3.63) is 46.0 Å². The zero-order chi connectivity index (χ0) is 14.8. The Balaban J connectivity index is 2.43. The predicted octanol–water partition coefficient (Wildman–Crippen LogP) is 1.11. The zero-order valence-electron chi connectivity index (χ0n) is 11.4. The molecule has 0 fully saturated rings. The zero-order valence-corrected chi connectivity index (χ0v) is 11.4. The lowest BCUT2D eigenvalue weighted by molar-refractivity contribution is -0.468. The highest BCUT2D eigenvalue weighted by atomic mass is 16.6. The van der Waals surface area contributed by atoms with Crippen LogP contribution in [0.1, 0.15) is 18.4 Å². The number of amides is 1. The molecule has 0 saturated heterocycles. The van der Waals surface area contributed by atoms with Crippen molar-refractivity contribution in [2.75, 3.05) is 26.2 Å². The number of aliphatic hydroxyl groups is 1. The fourth-order valence-corrected chi connectivity index (χ4v) is 1.95. The van der Waals surface area contributed by atoms with Crippen molar-refractivity contribution in [1.82, 2.24) is 4.90 Å². The highest BCUT2D eigenvalue weighted by Crippen LogP contribution is 2.04. The van der Waals surface area contributed by atoms with Gasteiger partial charge in [0, 0.05) is 24.6 Å². The van der Waals surface area contributed by atoms with Crippen LogP contribution in [-0.4, -0.2) is 47.1 Å². The van der Waals surface area contributed by atoms with E-state index in [2.05, 4.69) is 0 Å². The summed E-state index contributed by atoms with van der Waals surface area (Å²) in [5.41, 5.74) is 1.18. The number of benzene rings is 1. The smallest absolute Gasteiger partial charge is 0.294 e. The first kappa shape index (κ1) is 16.1. The lowest BCUT2D eigenvalue weighted by atomic mass is 10.1. The quantitative estimate of drug-likeness (QED) is 0.542. The highest BCUT2D eigenvalue weighted by molar-refractivity contribution is 5.77. The average molecular weight is 280 g/mol. The first-order valence-corrected chi connectivity index (χ1v) is 6.68. The maximum absolute atomic E-state index is 11.7. The summed E-state index contributed by atoms with van der Waals surface area (Å²) in [7, 11) is 0. The average Bonchev–Trinajstić information content (AvgIpc) is 2.43. The summed E-state index contributed by atoms with van der Waals surface area (Å²) < 4.78 is 0. The van der Waals surface area contributed by atoms with Crippen LogP contribution in [0.15, 0.2) is 30.3 Å². The van der Waals surface area contributed by atoms with Crippen LogP contribution < -0.4 is 0 Å². The molecule has 0 aliphatic rings. The Morgan fingerprint density at radius 1 is 1.20 bits per heavy atom. The first-order chi connectivity index (χ1) is 9.63. The number of nitrogens with zero attached hydrogens (tertiary/aromatic N) is 2. The molecule has 1 amide bonds. The Bertz CT molecular complexity index is 422. The molecule has 1 aromatic rings. The molecule has 1 rings (SSSR count). The molecule has 20 heavy (non-hydrogen) atoms. The Morgan fingerprint density at radius 3 is 2.45 bits per heavy atom. The van der Waals surface area contributed by atoms with Gasteiger partial charge in [-0.15, -0.1) is 0 Å². The Morgan fingerprint density at radius 2 is 1.85 bits per heavy atom. The number of carbonyl (C=O) groups is 1. The van der Waals surface area contributed by atoms with Gasteiger partial charge in [-0.1, -0.05) is 30.3 Å². The van der Waals surface area contributed by atoms with Gasteiger partial charge in [-0.3, -0.25) is 14.9 Å². The van der Waals surface area contributed by atoms with Crippen molar-refractivity contribution >= 4 is 5.91 Å². The van der Waals surface area contributed by atoms with Crippen molar-refractivity contribution in [3.63, 3.8) is 0 Å². The maximum atomic E-state index is 11.7. The molecule has 0 bridgehead atoms. The molecule has 0 atom stereocenters. The normalized spacial score (nSPS) is 10.2. The number of carbonyl (C=O) groups excluding carboxylic acids is 1. The minimum atomic E-state index is -0.684. The van der Waals surface area contributed by atoms with E-state index in [1.54, 1.807) is 0 Å². The summed E-state index contributed by atoms with van der Waals surface area (Å²) in [6, 6.07) is 9.87. The summed E-state index contributed by atoms with van der Waals surface area (Å²) in [6.07, 6.45) is 2.01. The van der Waals surface area contributed by atoms with E-state index in [-0.39, 0.29) is 6.61 Å². The van der Waals surface area contributed by atoms with Gasteiger partial charge in [-0.05, 0) is 24.8 Å². The van der Waals surface area contributed by atoms with Gasteiger partial charge in [0.1, 0.15) is 0 Å². The minimum absolute atomic E-state index is 0.0269. The van der Waals surface area contributed by atoms with Crippen molar-refractivity contribution in [2.24, 2.45) is 0 Å². The maximum Gasteiger partial charge on any atom is 0.294 e. The molecule has 0 heterocycles. The van der Waals surface area contributed by atoms with E-state index >= 15 is 0 Å². The standard InChI is InChI=1S/C14H20N2O4/c17-11-5-10-15(14(18)12-16(19)20)9-4-8-13-6-2-1-3-7-13/h1-3,6-7,17H,4-5,8-12H2. The molecule has 6 heteroatoms. The van der Waals surface area contributed by atoms with Crippen molar-refractivity contribution < 1.29 is 14.8 Å². The SMILES string of the molecule is O=C(C[N+](=O)[O-])N(CCCO)CCCc1ccccc1. The molecule has 6 nitrogen and oxygen atoms in total. The van der Waals surface area contributed by atoms with Crippen LogP contribution >= 0.6 is 0 Å². The molecule has 1 aromatic carbocycles. The largest absolute Gasteiger partial charge is 0.396 e. The van der Waals surface area contributed by atoms with Gasteiger partial charge in [0.05, 0.1) is 0 Å². The van der Waals surface area contributed by atoms with Crippen molar-refractivity contribution in [3.8, 4) is 0 Å². The van der Waals surface area contributed by atoms with Crippen molar-refractivity contribution in [1.29, 1.82) is 0 Å². The summed E-state index contributed by atoms with van der Waals surface area (Å²) in [5, 5.41) is 19.2. The summed E-state index contributed by atoms with van der Waals surface area (Å²) >= 11 is 0. The second-order valence-electron chi connectivity index (χ2n) is 4.54. The van der Waals surface area contributed by atoms with Gasteiger partial charge >= 0.3 is 0 Å². The van der Waals surface area contributed by atoms with E-state index in [1.165, 1.54) is 10.5 Å². The predicted molar refractivity (Wildman–Crippen MR) is 74.9 cm³/mol. The van der Waals surface area contributed by atoms with Gasteiger partial charge in [0.25, 0.3) is 12.5 Å². The Labute approximate surface area is 118 Å². The Kier molecular flexibility index (Phi) is 7.27. The van der Waals surface area contributed by atoms with Crippen LogP contribution in [-0.2, 0) is 11.2 Å². The van der Waals surface area contributed by atoms with E-state index in [4.69, 9.17) is 5.11 Å². The highest BCUT2D eigenvalue weighted by Gasteiger charge is 2.17. The topological polar surface area (TPSA) is 83.7 Å². The number of hydrogen-bond donors (Lipinski definition) is 1. The van der Waals surface area contributed by atoms with E-state index in [9.17, 15) is 14.9 Å². The third kappa shape index (κ3) is 6.29. The van der Waals surface area contributed by atoms with E-state index < -0.39 is 17.4 Å². The van der Waals surface area contributed by atoms with Crippen LogP contribution in [0.3, 0.4) is 0 Å². The first-order valence-electron chi connectivity index (χ1n) is 6.68. The van der Waals surface area contributed by atoms with Gasteiger partial charge in [0.15, 0.2) is 0 Å². The minimum Gasteiger partial charge on any atom is -0.396 e. The summed E-state index contributed by atoms with van der Waals surface area (Å²) in [6.45, 7) is 0.122. The van der Waals surface area contributed by atoms with Gasteiger partial charge in [-0.25, -0.2) is 0 Å². The number of aliphatic hydroxyl groups excluding tert-OH is 1. The molecule has 0 radical (unpaired) electrons. The second kappa shape index (κ2) is 9.03. The molecular formula is C14H20N2O4. The van der Waals surface area contributed by atoms with Crippen LogP contribution in [0.25, 0.3) is 0 Å². The van der Waals surface area contributed by atoms with Gasteiger partial charge in [0.2, 0.25) is 0 Å². The second-order valence-corrected chi connectivity index (χ2v) is 4.54. The third-order valence-electron chi connectivity index (χ3n) is 2.94. The molecule has 0 aliphatic heterocycles. The molecule has 0 aromatic heterocycles. The van der Waals surface area contributed by atoms with E-state index in [1.807, 2.05) is 30.3 Å². The Hall–Kier alpha value is -1.95. The van der Waals surface area contributed by atoms with Crippen LogP contribution in [0.5, 0.6) is 0 Å². The number of aryl methyl sites for hydroxylation is 1. The van der Waals surface area contributed by atoms with Crippen LogP contribution in [0.4, 0.5) is 0 Å². The van der Waals surface area contributed by atoms with Crippen molar-refractivity contribution in [2.45, 2.75) is 19.3 Å². The summed E-state index contributed by atoms with van der Waals surface area (Å²) in [4.78, 5) is 22.9. The fourth-order valence-electron chi connectivity index (χ4n) is 1.95. The van der Waals surface area contributed by atoms with Gasteiger partial charge in [-0.2, -0.15) is 0 Å². The molecule has 0 spiro atoms. The third-order valence-corrected chi connectivity index (χ3v) is 2.94. The molecule has 0 saturated carbocycles. The molecule has 0 unspecified atom stereocenters. The van der Waals surface area contributed by atoms with Crippen LogP contribution in [0, 0.1) is 10.1 Å². The fraction of sp³-hybridized carbons (Fsp3) is 0.500. The lowest BCUT2D eigenvalue weighted by Gasteiger charge is -2.20. The molecule has 1 N–H and O–H groups in total. The molecule has 0 aliphatic carbocycles. The van der Waals surface area contributed by atoms with E-state index in [0.717, 1.165) is 12.8 Å². The van der Waals surface area contributed by atoms with Gasteiger partial charge < -0.3 is 10.0 Å². The number of nitro groups is 1. The van der Waals surface area contributed by atoms with E-state index in [0.29, 0.717) is 19.5 Å². The monoisotopic (exact) mass is 280 g/mol. The molecule has 110 valence electrons. The number of hydrogen-bond acceptors (Lipinski definition) is 4. The number of rotatable bonds is 9. The molecular weight excluding hydrogens is 260 g/mol.